The Bertz CT molecular complexity index is 324. The molecule has 0 aromatic heterocycles. The second-order valence-corrected chi connectivity index (χ2v) is 4.14. The average Bonchev–Trinajstić information content (AvgIpc) is 2.42. The molecule has 2 atom stereocenters. The van der Waals surface area contributed by atoms with Crippen LogP contribution < -0.4 is 0 Å². The minimum absolute atomic E-state index is 0.161. The van der Waals surface area contributed by atoms with E-state index in [1.165, 1.54) is 0 Å². The van der Waals surface area contributed by atoms with Gasteiger partial charge in [-0.2, -0.15) is 20.8 Å². The molecule has 0 aliphatic rings. The molecule has 0 saturated heterocycles. The minimum atomic E-state index is -1.08. The monoisotopic (exact) mass is 252 g/mol. The van der Waals surface area contributed by atoms with Gasteiger partial charge in [0.25, 0.3) is 0 Å². The van der Waals surface area contributed by atoms with Gasteiger partial charge in [-0.15, -0.1) is 0 Å². The van der Waals surface area contributed by atoms with Gasteiger partial charge >= 0.3 is 0 Å². The van der Waals surface area contributed by atoms with E-state index in [-0.39, 0.29) is 26.1 Å². The van der Waals surface area contributed by atoms with Crippen molar-refractivity contribution in [3.05, 3.63) is 0 Å². The van der Waals surface area contributed by atoms with E-state index in [1.807, 2.05) is 12.1 Å². The lowest BCUT2D eigenvalue weighted by Crippen LogP contribution is -2.29. The first-order valence-electron chi connectivity index (χ1n) is 6.06. The Morgan fingerprint density at radius 1 is 0.889 bits per heavy atom. The highest BCUT2D eigenvalue weighted by atomic mass is 16.3. The summed E-state index contributed by atoms with van der Waals surface area (Å²) in [4.78, 5) is 0. The summed E-state index contributed by atoms with van der Waals surface area (Å²) in [6.07, 6.45) is 1.21. The molecule has 6 heteroatoms. The number of aliphatic hydroxyl groups excluding tert-OH is 2. The molecule has 18 heavy (non-hydrogen) atoms. The van der Waals surface area contributed by atoms with Crippen molar-refractivity contribution >= 4 is 0 Å². The maximum Gasteiger partial charge on any atom is 0.169 e. The average molecular weight is 252 g/mol. The van der Waals surface area contributed by atoms with Gasteiger partial charge in [-0.3, -0.25) is 0 Å². The minimum Gasteiger partial charge on any atom is -0.396 e. The van der Waals surface area contributed by atoms with Crippen LogP contribution in [0.3, 0.4) is 0 Å². The van der Waals surface area contributed by atoms with Crippen molar-refractivity contribution in [2.75, 3.05) is 13.2 Å². The van der Waals surface area contributed by atoms with E-state index in [4.69, 9.17) is 20.7 Å². The third kappa shape index (κ3) is 4.06. The molecular formula is C12H20N4O2. The van der Waals surface area contributed by atoms with Crippen LogP contribution in [0.4, 0.5) is 0 Å². The SMILES string of the molecule is CCC(C#N)(CCO)/N=N/C(C#N)(CC)CCO. The van der Waals surface area contributed by atoms with Crippen LogP contribution in [0.25, 0.3) is 0 Å². The molecule has 0 aliphatic carbocycles. The van der Waals surface area contributed by atoms with Gasteiger partial charge in [0.05, 0.1) is 12.1 Å². The number of rotatable bonds is 8. The summed E-state index contributed by atoms with van der Waals surface area (Å²) in [6.45, 7) is 3.24. The molecule has 0 amide bonds. The largest absolute Gasteiger partial charge is 0.396 e. The number of azo groups is 1. The van der Waals surface area contributed by atoms with E-state index in [1.54, 1.807) is 13.8 Å². The summed E-state index contributed by atoms with van der Waals surface area (Å²) in [6, 6.07) is 4.07. The zero-order chi connectivity index (χ0) is 14.1. The van der Waals surface area contributed by atoms with Crippen molar-refractivity contribution < 1.29 is 10.2 Å². The first-order chi connectivity index (χ1) is 8.57. The normalized spacial score (nSPS) is 17.7. The molecule has 0 saturated carbocycles. The molecule has 0 radical (unpaired) electrons. The van der Waals surface area contributed by atoms with Crippen LogP contribution in [-0.4, -0.2) is 34.5 Å². The highest BCUT2D eigenvalue weighted by Gasteiger charge is 2.32. The fraction of sp³-hybridized carbons (Fsp3) is 0.833. The molecule has 6 nitrogen and oxygen atoms in total. The number of aliphatic hydroxyl groups is 2. The number of hydrogen-bond acceptors (Lipinski definition) is 6. The van der Waals surface area contributed by atoms with E-state index in [0.29, 0.717) is 12.8 Å². The van der Waals surface area contributed by atoms with E-state index in [0.717, 1.165) is 0 Å². The summed E-state index contributed by atoms with van der Waals surface area (Å²) >= 11 is 0. The van der Waals surface area contributed by atoms with Gasteiger partial charge in [-0.25, -0.2) is 0 Å². The van der Waals surface area contributed by atoms with Crippen LogP contribution in [0, 0.1) is 22.7 Å². The van der Waals surface area contributed by atoms with Gasteiger partial charge in [0.2, 0.25) is 0 Å². The molecule has 0 aromatic rings. The Kier molecular flexibility index (Phi) is 7.11. The quantitative estimate of drug-likeness (QED) is 0.638. The van der Waals surface area contributed by atoms with Gasteiger partial charge < -0.3 is 10.2 Å². The summed E-state index contributed by atoms with van der Waals surface area (Å²) in [5.41, 5.74) is -2.16. The molecule has 0 aromatic carbocycles. The smallest absolute Gasteiger partial charge is 0.169 e. The van der Waals surface area contributed by atoms with Crippen molar-refractivity contribution in [1.29, 1.82) is 10.5 Å². The summed E-state index contributed by atoms with van der Waals surface area (Å²) in [7, 11) is 0. The van der Waals surface area contributed by atoms with Gasteiger partial charge in [0.1, 0.15) is 0 Å². The molecule has 2 unspecified atom stereocenters. The standard InChI is InChI=1S/C12H20N4O2/c1-3-11(9-13,5-7-17)15-16-12(4-2,10-14)6-8-18/h17-18H,3-8H2,1-2H3/b16-15+. The van der Waals surface area contributed by atoms with Crippen LogP contribution >= 0.6 is 0 Å². The predicted molar refractivity (Wildman–Crippen MR) is 65.5 cm³/mol. The molecule has 2 N–H and O–H groups in total. The molecule has 0 rings (SSSR count). The lowest BCUT2D eigenvalue weighted by molar-refractivity contribution is 0.239. The topological polar surface area (TPSA) is 113 Å². The Balaban J connectivity index is 5.17. The molecular weight excluding hydrogens is 232 g/mol. The van der Waals surface area contributed by atoms with Crippen molar-refractivity contribution in [3.63, 3.8) is 0 Å². The van der Waals surface area contributed by atoms with E-state index in [9.17, 15) is 0 Å². The summed E-state index contributed by atoms with van der Waals surface area (Å²) in [5.74, 6) is 0. The maximum atomic E-state index is 9.13. The van der Waals surface area contributed by atoms with Crippen molar-refractivity contribution in [2.45, 2.75) is 50.6 Å². The van der Waals surface area contributed by atoms with Gasteiger partial charge in [0.15, 0.2) is 11.1 Å². The first kappa shape index (κ1) is 16.5. The number of nitrogens with zero attached hydrogens (tertiary/aromatic N) is 4. The van der Waals surface area contributed by atoms with Crippen molar-refractivity contribution in [1.82, 2.24) is 0 Å². The van der Waals surface area contributed by atoms with Crippen LogP contribution in [0.5, 0.6) is 0 Å². The lowest BCUT2D eigenvalue weighted by Gasteiger charge is -2.22. The fourth-order valence-electron chi connectivity index (χ4n) is 1.47. The van der Waals surface area contributed by atoms with Crippen LogP contribution in [-0.2, 0) is 0 Å². The van der Waals surface area contributed by atoms with Gasteiger partial charge in [-0.1, -0.05) is 13.8 Å². The third-order valence-corrected chi connectivity index (χ3v) is 3.07. The Hall–Kier alpha value is -1.50. The number of hydrogen-bond donors (Lipinski definition) is 2. The second-order valence-electron chi connectivity index (χ2n) is 4.14. The predicted octanol–water partition coefficient (Wildman–Crippen LogP) is 1.55. The van der Waals surface area contributed by atoms with E-state index >= 15 is 0 Å². The molecule has 0 fully saturated rings. The summed E-state index contributed by atoms with van der Waals surface area (Å²) < 4.78 is 0. The maximum absolute atomic E-state index is 9.13. The van der Waals surface area contributed by atoms with Crippen molar-refractivity contribution in [2.24, 2.45) is 10.2 Å². The zero-order valence-electron chi connectivity index (χ0n) is 10.9. The van der Waals surface area contributed by atoms with Crippen LogP contribution in [0.15, 0.2) is 10.2 Å². The second kappa shape index (κ2) is 7.75. The Labute approximate surface area is 108 Å². The molecule has 0 heterocycles. The summed E-state index contributed by atoms with van der Waals surface area (Å²) in [5, 5.41) is 44.1. The van der Waals surface area contributed by atoms with Gasteiger partial charge in [-0.05, 0) is 12.8 Å². The number of nitriles is 2. The third-order valence-electron chi connectivity index (χ3n) is 3.07. The van der Waals surface area contributed by atoms with Crippen LogP contribution in [0.1, 0.15) is 39.5 Å². The fourth-order valence-corrected chi connectivity index (χ4v) is 1.47. The van der Waals surface area contributed by atoms with Crippen LogP contribution in [0.2, 0.25) is 0 Å². The van der Waals surface area contributed by atoms with E-state index in [2.05, 4.69) is 10.2 Å². The lowest BCUT2D eigenvalue weighted by atomic mass is 9.94. The molecule has 0 spiro atoms. The first-order valence-corrected chi connectivity index (χ1v) is 6.06. The van der Waals surface area contributed by atoms with Gasteiger partial charge in [0, 0.05) is 26.1 Å². The highest BCUT2D eigenvalue weighted by Crippen LogP contribution is 2.26. The van der Waals surface area contributed by atoms with Crippen molar-refractivity contribution in [3.8, 4) is 12.1 Å². The molecule has 100 valence electrons. The Morgan fingerprint density at radius 3 is 1.39 bits per heavy atom. The highest BCUT2D eigenvalue weighted by molar-refractivity contribution is 5.09. The molecule has 0 aliphatic heterocycles. The zero-order valence-corrected chi connectivity index (χ0v) is 10.9. The van der Waals surface area contributed by atoms with E-state index < -0.39 is 11.1 Å². The molecule has 0 bridgehead atoms. The Morgan fingerprint density at radius 2 is 1.22 bits per heavy atom.